The molecule has 1 aromatic heterocycles. The highest BCUT2D eigenvalue weighted by molar-refractivity contribution is 5.89. The van der Waals surface area contributed by atoms with E-state index in [1.165, 1.54) is 30.5 Å². The maximum Gasteiger partial charge on any atom is 0.331 e. The molecule has 8 heteroatoms. The molecule has 1 N–H and O–H groups in total. The minimum atomic E-state index is -0.727. The van der Waals surface area contributed by atoms with Crippen molar-refractivity contribution in [3.05, 3.63) is 70.2 Å². The van der Waals surface area contributed by atoms with Crippen molar-refractivity contribution in [1.82, 2.24) is 5.32 Å². The van der Waals surface area contributed by atoms with Crippen LogP contribution in [-0.2, 0) is 20.9 Å². The summed E-state index contributed by atoms with van der Waals surface area (Å²) in [5.41, 5.74) is 0.395. The third-order valence-electron chi connectivity index (χ3n) is 2.88. The molecule has 0 aliphatic heterocycles. The zero-order chi connectivity index (χ0) is 17.4. The third kappa shape index (κ3) is 5.41. The number of carbonyl (C=O) groups excluding carboxylic acids is 2. The SMILES string of the molecule is O=C(COC(=O)/C=C/c1cccc([N+](=O)[O-])c1)NCc1ccco1. The fourth-order valence-corrected chi connectivity index (χ4v) is 1.74. The Labute approximate surface area is 136 Å². The average molecular weight is 330 g/mol. The smallest absolute Gasteiger partial charge is 0.331 e. The first-order valence-electron chi connectivity index (χ1n) is 6.93. The summed E-state index contributed by atoms with van der Waals surface area (Å²) in [6.45, 7) is -0.230. The minimum Gasteiger partial charge on any atom is -0.467 e. The second-order valence-electron chi connectivity index (χ2n) is 4.65. The predicted octanol–water partition coefficient (Wildman–Crippen LogP) is 2.06. The lowest BCUT2D eigenvalue weighted by atomic mass is 10.2. The minimum absolute atomic E-state index is 0.0807. The fraction of sp³-hybridized carbons (Fsp3) is 0.125. The number of nitrogens with one attached hydrogen (secondary N) is 1. The topological polar surface area (TPSA) is 112 Å². The van der Waals surface area contributed by atoms with Gasteiger partial charge in [-0.05, 0) is 23.8 Å². The van der Waals surface area contributed by atoms with E-state index in [0.717, 1.165) is 6.08 Å². The van der Waals surface area contributed by atoms with E-state index in [1.54, 1.807) is 18.2 Å². The predicted molar refractivity (Wildman–Crippen MR) is 83.6 cm³/mol. The second kappa shape index (κ2) is 8.28. The first-order chi connectivity index (χ1) is 11.5. The highest BCUT2D eigenvalue weighted by Gasteiger charge is 2.07. The number of hydrogen-bond donors (Lipinski definition) is 1. The molecular weight excluding hydrogens is 316 g/mol. The molecule has 0 aliphatic rings. The van der Waals surface area contributed by atoms with Crippen LogP contribution in [-0.4, -0.2) is 23.4 Å². The number of esters is 1. The van der Waals surface area contributed by atoms with E-state index in [4.69, 9.17) is 9.15 Å². The van der Waals surface area contributed by atoms with Gasteiger partial charge in [-0.2, -0.15) is 0 Å². The summed E-state index contributed by atoms with van der Waals surface area (Å²) >= 11 is 0. The molecule has 1 aromatic carbocycles. The molecule has 0 fully saturated rings. The molecule has 0 aliphatic carbocycles. The number of benzene rings is 1. The molecule has 24 heavy (non-hydrogen) atoms. The van der Waals surface area contributed by atoms with Gasteiger partial charge >= 0.3 is 5.97 Å². The molecule has 124 valence electrons. The van der Waals surface area contributed by atoms with Crippen molar-refractivity contribution in [2.24, 2.45) is 0 Å². The summed E-state index contributed by atoms with van der Waals surface area (Å²) in [5, 5.41) is 13.2. The zero-order valence-corrected chi connectivity index (χ0v) is 12.5. The van der Waals surface area contributed by atoms with Gasteiger partial charge in [-0.25, -0.2) is 4.79 Å². The van der Waals surface area contributed by atoms with Crippen molar-refractivity contribution in [3.8, 4) is 0 Å². The van der Waals surface area contributed by atoms with Crippen molar-refractivity contribution in [1.29, 1.82) is 0 Å². The van der Waals surface area contributed by atoms with Gasteiger partial charge in [0.25, 0.3) is 11.6 Å². The summed E-state index contributed by atoms with van der Waals surface area (Å²) < 4.78 is 9.81. The molecule has 0 saturated carbocycles. The van der Waals surface area contributed by atoms with Crippen LogP contribution in [0.4, 0.5) is 5.69 Å². The van der Waals surface area contributed by atoms with Gasteiger partial charge in [0.15, 0.2) is 6.61 Å². The number of nitro groups is 1. The van der Waals surface area contributed by atoms with Gasteiger partial charge in [0, 0.05) is 18.2 Å². The van der Waals surface area contributed by atoms with Crippen LogP contribution in [0, 0.1) is 10.1 Å². The molecule has 8 nitrogen and oxygen atoms in total. The number of ether oxygens (including phenoxy) is 1. The van der Waals surface area contributed by atoms with E-state index in [0.29, 0.717) is 11.3 Å². The summed E-state index contributed by atoms with van der Waals surface area (Å²) in [7, 11) is 0. The van der Waals surface area contributed by atoms with Crippen LogP contribution in [0.2, 0.25) is 0 Å². The molecule has 1 heterocycles. The van der Waals surface area contributed by atoms with Crippen molar-refractivity contribution in [2.75, 3.05) is 6.61 Å². The number of nitrogens with zero attached hydrogens (tertiary/aromatic N) is 1. The van der Waals surface area contributed by atoms with Crippen LogP contribution < -0.4 is 5.32 Å². The largest absolute Gasteiger partial charge is 0.467 e. The molecule has 0 radical (unpaired) electrons. The highest BCUT2D eigenvalue weighted by Crippen LogP contribution is 2.14. The number of non-ortho nitro benzene ring substituents is 1. The lowest BCUT2D eigenvalue weighted by Crippen LogP contribution is -2.27. The van der Waals surface area contributed by atoms with Crippen LogP contribution in [0.1, 0.15) is 11.3 Å². The Morgan fingerprint density at radius 2 is 2.12 bits per heavy atom. The van der Waals surface area contributed by atoms with Gasteiger partial charge in [0.05, 0.1) is 17.7 Å². The summed E-state index contributed by atoms with van der Waals surface area (Å²) in [5.74, 6) is -0.613. The monoisotopic (exact) mass is 330 g/mol. The molecule has 2 rings (SSSR count). The molecule has 0 atom stereocenters. The van der Waals surface area contributed by atoms with Crippen molar-refractivity contribution < 1.29 is 23.7 Å². The van der Waals surface area contributed by atoms with Crippen molar-refractivity contribution in [2.45, 2.75) is 6.54 Å². The van der Waals surface area contributed by atoms with Crippen molar-refractivity contribution in [3.63, 3.8) is 0 Å². The Balaban J connectivity index is 1.77. The van der Waals surface area contributed by atoms with Gasteiger partial charge in [-0.15, -0.1) is 0 Å². The maximum atomic E-state index is 11.5. The molecule has 0 spiro atoms. The summed E-state index contributed by atoms with van der Waals surface area (Å²) in [4.78, 5) is 33.2. The van der Waals surface area contributed by atoms with Crippen LogP contribution in [0.15, 0.2) is 53.2 Å². The average Bonchev–Trinajstić information content (AvgIpc) is 3.10. The van der Waals surface area contributed by atoms with Crippen LogP contribution >= 0.6 is 0 Å². The first-order valence-corrected chi connectivity index (χ1v) is 6.93. The number of rotatable bonds is 7. The molecule has 0 saturated heterocycles. The van der Waals surface area contributed by atoms with E-state index < -0.39 is 23.4 Å². The summed E-state index contributed by atoms with van der Waals surface area (Å²) in [6.07, 6.45) is 3.95. The van der Waals surface area contributed by atoms with E-state index in [1.807, 2.05) is 0 Å². The maximum absolute atomic E-state index is 11.5. The number of amides is 1. The normalized spacial score (nSPS) is 10.5. The van der Waals surface area contributed by atoms with Gasteiger partial charge in [-0.1, -0.05) is 12.1 Å². The number of carbonyl (C=O) groups is 2. The number of hydrogen-bond acceptors (Lipinski definition) is 6. The van der Waals surface area contributed by atoms with Gasteiger partial charge in [0.2, 0.25) is 0 Å². The molecular formula is C16H14N2O6. The molecule has 1 amide bonds. The Kier molecular flexibility index (Phi) is 5.84. The number of nitro benzene ring substituents is 1. The first kappa shape index (κ1) is 16.9. The van der Waals surface area contributed by atoms with E-state index in [9.17, 15) is 19.7 Å². The second-order valence-corrected chi connectivity index (χ2v) is 4.65. The van der Waals surface area contributed by atoms with Crippen LogP contribution in [0.5, 0.6) is 0 Å². The Bertz CT molecular complexity index is 752. The van der Waals surface area contributed by atoms with E-state index in [2.05, 4.69) is 5.32 Å². The lowest BCUT2D eigenvalue weighted by molar-refractivity contribution is -0.384. The van der Waals surface area contributed by atoms with E-state index in [-0.39, 0.29) is 12.2 Å². The highest BCUT2D eigenvalue weighted by atomic mass is 16.6. The number of furan rings is 1. The van der Waals surface area contributed by atoms with E-state index >= 15 is 0 Å². The molecule has 0 unspecified atom stereocenters. The standard InChI is InChI=1S/C16H14N2O6/c19-15(17-10-14-5-2-8-23-14)11-24-16(20)7-6-12-3-1-4-13(9-12)18(21)22/h1-9H,10-11H2,(H,17,19)/b7-6+. The quantitative estimate of drug-likeness (QED) is 0.360. The Hall–Kier alpha value is -3.42. The van der Waals surface area contributed by atoms with Gasteiger partial charge in [-0.3, -0.25) is 14.9 Å². The Morgan fingerprint density at radius 3 is 2.83 bits per heavy atom. The van der Waals surface area contributed by atoms with Gasteiger partial charge in [0.1, 0.15) is 5.76 Å². The zero-order valence-electron chi connectivity index (χ0n) is 12.5. The van der Waals surface area contributed by atoms with Crippen LogP contribution in [0.25, 0.3) is 6.08 Å². The lowest BCUT2D eigenvalue weighted by Gasteiger charge is -2.03. The van der Waals surface area contributed by atoms with Gasteiger partial charge < -0.3 is 14.5 Å². The fourth-order valence-electron chi connectivity index (χ4n) is 1.74. The van der Waals surface area contributed by atoms with Crippen molar-refractivity contribution >= 4 is 23.6 Å². The Morgan fingerprint density at radius 1 is 1.29 bits per heavy atom. The van der Waals surface area contributed by atoms with Crippen LogP contribution in [0.3, 0.4) is 0 Å². The summed E-state index contributed by atoms with van der Waals surface area (Å²) in [6, 6.07) is 9.17. The molecule has 2 aromatic rings. The molecule has 0 bridgehead atoms. The third-order valence-corrected chi connectivity index (χ3v) is 2.88.